The molecule has 1 amide bonds. The topological polar surface area (TPSA) is 58.7 Å². The zero-order chi connectivity index (χ0) is 11.2. The van der Waals surface area contributed by atoms with Crippen LogP contribution in [-0.2, 0) is 4.79 Å². The molecule has 1 saturated heterocycles. The molecule has 0 aliphatic carbocycles. The van der Waals surface area contributed by atoms with E-state index in [2.05, 4.69) is 30.7 Å². The van der Waals surface area contributed by atoms with E-state index in [4.69, 9.17) is 5.73 Å². The van der Waals surface area contributed by atoms with E-state index in [1.54, 1.807) is 0 Å². The van der Waals surface area contributed by atoms with Crippen molar-refractivity contribution in [1.29, 1.82) is 0 Å². The number of amides is 1. The van der Waals surface area contributed by atoms with E-state index in [1.807, 2.05) is 0 Å². The predicted octanol–water partition coefficient (Wildman–Crippen LogP) is 0.905. The second kappa shape index (κ2) is 3.30. The standard InChI is InChI=1S/C11H19N3O/c1-11(2,3)14-7-5-4-6-8(14)10(15)13-9(7)12/h7-8H,4-6H2,1-3H3,(H2,12,13,15). The zero-order valence-electron chi connectivity index (χ0n) is 9.66. The third-order valence-corrected chi connectivity index (χ3v) is 3.27. The van der Waals surface area contributed by atoms with Crippen molar-refractivity contribution in [2.75, 3.05) is 0 Å². The highest BCUT2D eigenvalue weighted by Crippen LogP contribution is 2.33. The van der Waals surface area contributed by atoms with E-state index in [-0.39, 0.29) is 23.5 Å². The van der Waals surface area contributed by atoms with E-state index in [0.29, 0.717) is 5.84 Å². The van der Waals surface area contributed by atoms with Crippen LogP contribution in [0, 0.1) is 0 Å². The molecule has 1 fully saturated rings. The molecule has 0 aromatic heterocycles. The summed E-state index contributed by atoms with van der Waals surface area (Å²) in [6, 6.07) is 0.123. The molecule has 2 unspecified atom stereocenters. The van der Waals surface area contributed by atoms with Crippen molar-refractivity contribution in [3.05, 3.63) is 0 Å². The van der Waals surface area contributed by atoms with Crippen LogP contribution in [-0.4, -0.2) is 34.3 Å². The van der Waals surface area contributed by atoms with Gasteiger partial charge in [-0.1, -0.05) is 0 Å². The van der Waals surface area contributed by atoms with Gasteiger partial charge in [0.2, 0.25) is 0 Å². The molecule has 2 aliphatic heterocycles. The summed E-state index contributed by atoms with van der Waals surface area (Å²) in [6.07, 6.45) is 3.02. The minimum Gasteiger partial charge on any atom is -0.386 e. The maximum Gasteiger partial charge on any atom is 0.264 e. The van der Waals surface area contributed by atoms with Crippen LogP contribution in [0.1, 0.15) is 40.0 Å². The number of nitrogens with zero attached hydrogens (tertiary/aromatic N) is 2. The smallest absolute Gasteiger partial charge is 0.264 e. The summed E-state index contributed by atoms with van der Waals surface area (Å²) in [6.45, 7) is 6.39. The van der Waals surface area contributed by atoms with Gasteiger partial charge in [-0.25, -0.2) is 0 Å². The van der Waals surface area contributed by atoms with Gasteiger partial charge in [0.15, 0.2) is 0 Å². The Hall–Kier alpha value is -0.900. The summed E-state index contributed by atoms with van der Waals surface area (Å²) in [5.41, 5.74) is 5.83. The lowest BCUT2D eigenvalue weighted by Crippen LogP contribution is -2.64. The molecule has 15 heavy (non-hydrogen) atoms. The Morgan fingerprint density at radius 1 is 1.33 bits per heavy atom. The van der Waals surface area contributed by atoms with Gasteiger partial charge in [-0.15, -0.1) is 0 Å². The van der Waals surface area contributed by atoms with Crippen molar-refractivity contribution in [2.45, 2.75) is 57.7 Å². The third-order valence-electron chi connectivity index (χ3n) is 3.27. The highest BCUT2D eigenvalue weighted by atomic mass is 16.2. The lowest BCUT2D eigenvalue weighted by Gasteiger charge is -2.50. The molecule has 0 saturated carbocycles. The van der Waals surface area contributed by atoms with Gasteiger partial charge in [-0.2, -0.15) is 4.99 Å². The highest BCUT2D eigenvalue weighted by Gasteiger charge is 2.45. The summed E-state index contributed by atoms with van der Waals surface area (Å²) >= 11 is 0. The van der Waals surface area contributed by atoms with Crippen LogP contribution in [0.25, 0.3) is 0 Å². The molecule has 84 valence electrons. The van der Waals surface area contributed by atoms with Gasteiger partial charge in [-0.3, -0.25) is 9.69 Å². The molecule has 4 heteroatoms. The Morgan fingerprint density at radius 2 is 1.93 bits per heavy atom. The monoisotopic (exact) mass is 209 g/mol. The average Bonchev–Trinajstić information content (AvgIpc) is 2.13. The molecule has 2 atom stereocenters. The quantitative estimate of drug-likeness (QED) is 0.645. The Kier molecular flexibility index (Phi) is 2.34. The van der Waals surface area contributed by atoms with E-state index in [0.717, 1.165) is 19.3 Å². The van der Waals surface area contributed by atoms with Crippen LogP contribution in [0.2, 0.25) is 0 Å². The summed E-state index contributed by atoms with van der Waals surface area (Å²) in [5.74, 6) is 0.448. The Labute approximate surface area is 90.5 Å². The summed E-state index contributed by atoms with van der Waals surface area (Å²) < 4.78 is 0. The first-order chi connectivity index (χ1) is 6.91. The number of nitrogens with two attached hydrogens (primary N) is 1. The predicted molar refractivity (Wildman–Crippen MR) is 59.6 cm³/mol. The Bertz CT molecular complexity index is 316. The van der Waals surface area contributed by atoms with Crippen molar-refractivity contribution in [3.63, 3.8) is 0 Å². The lowest BCUT2D eigenvalue weighted by atomic mass is 9.87. The number of carbonyl (C=O) groups excluding carboxylic acids is 1. The third kappa shape index (κ3) is 1.67. The fourth-order valence-electron chi connectivity index (χ4n) is 2.74. The fourth-order valence-corrected chi connectivity index (χ4v) is 2.74. The molecule has 2 aliphatic rings. The lowest BCUT2D eigenvalue weighted by molar-refractivity contribution is -0.129. The molecule has 0 aromatic rings. The summed E-state index contributed by atoms with van der Waals surface area (Å²) in [7, 11) is 0. The van der Waals surface area contributed by atoms with Gasteiger partial charge in [0.1, 0.15) is 5.84 Å². The van der Waals surface area contributed by atoms with Crippen LogP contribution in [0.3, 0.4) is 0 Å². The van der Waals surface area contributed by atoms with E-state index in [9.17, 15) is 4.79 Å². The highest BCUT2D eigenvalue weighted by molar-refractivity contribution is 6.01. The van der Waals surface area contributed by atoms with Gasteiger partial charge >= 0.3 is 0 Å². The molecular formula is C11H19N3O. The molecule has 0 radical (unpaired) electrons. The SMILES string of the molecule is CC(C)(C)N1C2CCCC1C(N)=NC2=O. The van der Waals surface area contributed by atoms with Crippen LogP contribution in [0.4, 0.5) is 0 Å². The molecule has 2 N–H and O–H groups in total. The van der Waals surface area contributed by atoms with Crippen molar-refractivity contribution in [1.82, 2.24) is 4.90 Å². The maximum atomic E-state index is 11.8. The van der Waals surface area contributed by atoms with Crippen molar-refractivity contribution in [2.24, 2.45) is 10.7 Å². The van der Waals surface area contributed by atoms with Crippen LogP contribution in [0.15, 0.2) is 4.99 Å². The number of fused-ring (bicyclic) bond motifs is 2. The van der Waals surface area contributed by atoms with Crippen LogP contribution < -0.4 is 5.73 Å². The zero-order valence-corrected chi connectivity index (χ0v) is 9.66. The molecule has 2 bridgehead atoms. The molecule has 2 rings (SSSR count). The van der Waals surface area contributed by atoms with Gasteiger partial charge in [-0.05, 0) is 40.0 Å². The van der Waals surface area contributed by atoms with Crippen molar-refractivity contribution in [3.8, 4) is 0 Å². The number of hydrogen-bond acceptors (Lipinski definition) is 3. The number of carbonyl (C=O) groups is 1. The number of piperidine rings is 1. The van der Waals surface area contributed by atoms with Crippen LogP contribution >= 0.6 is 0 Å². The Balaban J connectivity index is 2.40. The van der Waals surface area contributed by atoms with Gasteiger partial charge < -0.3 is 5.73 Å². The molecule has 0 aromatic carbocycles. The molecule has 0 spiro atoms. The number of hydrogen-bond donors (Lipinski definition) is 1. The van der Waals surface area contributed by atoms with Crippen LogP contribution in [0.5, 0.6) is 0 Å². The number of aliphatic imine (C=N–C) groups is 1. The number of amidine groups is 1. The summed E-state index contributed by atoms with van der Waals surface area (Å²) in [4.78, 5) is 17.9. The normalized spacial score (nSPS) is 32.7. The van der Waals surface area contributed by atoms with Gasteiger partial charge in [0.05, 0.1) is 12.1 Å². The van der Waals surface area contributed by atoms with E-state index >= 15 is 0 Å². The molecule has 2 heterocycles. The first kappa shape index (κ1) is 10.6. The van der Waals surface area contributed by atoms with Gasteiger partial charge in [0.25, 0.3) is 5.91 Å². The molecule has 4 nitrogen and oxygen atoms in total. The fraction of sp³-hybridized carbons (Fsp3) is 0.818. The van der Waals surface area contributed by atoms with E-state index in [1.165, 1.54) is 0 Å². The second-order valence-electron chi connectivity index (χ2n) is 5.42. The Morgan fingerprint density at radius 3 is 2.53 bits per heavy atom. The average molecular weight is 209 g/mol. The summed E-state index contributed by atoms with van der Waals surface area (Å²) in [5, 5.41) is 0. The minimum atomic E-state index is -0.0571. The van der Waals surface area contributed by atoms with Crippen molar-refractivity contribution < 1.29 is 4.79 Å². The maximum absolute atomic E-state index is 11.8. The first-order valence-corrected chi connectivity index (χ1v) is 5.57. The largest absolute Gasteiger partial charge is 0.386 e. The second-order valence-corrected chi connectivity index (χ2v) is 5.42. The minimum absolute atomic E-state index is 0.0219. The first-order valence-electron chi connectivity index (χ1n) is 5.57. The van der Waals surface area contributed by atoms with Crippen molar-refractivity contribution >= 4 is 11.7 Å². The number of rotatable bonds is 0. The van der Waals surface area contributed by atoms with Gasteiger partial charge in [0, 0.05) is 5.54 Å². The van der Waals surface area contributed by atoms with E-state index < -0.39 is 0 Å². The molecular weight excluding hydrogens is 190 g/mol.